The molecule has 9 heteroatoms. The molecular formula is C7H15NO6P2. The third-order valence-electron chi connectivity index (χ3n) is 3.62. The molecule has 16 heavy (non-hydrogen) atoms. The minimum atomic E-state index is -4.93. The quantitative estimate of drug-likeness (QED) is 0.561. The summed E-state index contributed by atoms with van der Waals surface area (Å²) in [5.41, 5.74) is -0.997. The lowest BCUT2D eigenvalue weighted by Gasteiger charge is -2.39. The van der Waals surface area contributed by atoms with Crippen LogP contribution in [-0.2, 0) is 9.13 Å². The lowest BCUT2D eigenvalue weighted by Crippen LogP contribution is -2.40. The molecule has 2 rings (SSSR count). The summed E-state index contributed by atoms with van der Waals surface area (Å²) in [5, 5.41) is 0. The highest BCUT2D eigenvalue weighted by Gasteiger charge is 2.59. The van der Waals surface area contributed by atoms with Gasteiger partial charge in [0.25, 0.3) is 0 Å². The first-order chi connectivity index (χ1) is 7.15. The fourth-order valence-electron chi connectivity index (χ4n) is 3.15. The van der Waals surface area contributed by atoms with E-state index >= 15 is 0 Å². The average Bonchev–Trinajstić information content (AvgIpc) is 2.56. The summed E-state index contributed by atoms with van der Waals surface area (Å²) >= 11 is 0. The number of rotatable bonds is 3. The summed E-state index contributed by atoms with van der Waals surface area (Å²) in [6.45, 7) is 0. The number of fused-ring (bicyclic) bond motifs is 2. The molecule has 0 spiro atoms. The Labute approximate surface area is 92.9 Å². The monoisotopic (exact) mass is 271 g/mol. The van der Waals surface area contributed by atoms with Gasteiger partial charge in [0.1, 0.15) is 0 Å². The zero-order valence-corrected chi connectivity index (χ0v) is 10.3. The smallest absolute Gasteiger partial charge is 0.312 e. The molecule has 0 heterocycles. The molecule has 0 amide bonds. The Bertz CT molecular complexity index is 356. The highest BCUT2D eigenvalue weighted by atomic mass is 31.3. The van der Waals surface area contributed by atoms with Crippen molar-refractivity contribution in [2.75, 3.05) is 0 Å². The Morgan fingerprint density at radius 2 is 1.44 bits per heavy atom. The van der Waals surface area contributed by atoms with Crippen molar-refractivity contribution in [2.24, 2.45) is 5.92 Å². The van der Waals surface area contributed by atoms with E-state index in [1.165, 1.54) is 0 Å². The van der Waals surface area contributed by atoms with Gasteiger partial charge in [-0.2, -0.15) is 0 Å². The minimum Gasteiger partial charge on any atom is -0.312 e. The fourth-order valence-corrected chi connectivity index (χ4v) is 6.03. The van der Waals surface area contributed by atoms with E-state index in [0.29, 0.717) is 25.2 Å². The maximum Gasteiger partial charge on any atom is 0.413 e. The zero-order valence-electron chi connectivity index (χ0n) is 8.56. The second kappa shape index (κ2) is 3.62. The van der Waals surface area contributed by atoms with Crippen LogP contribution in [0.3, 0.4) is 0 Å². The van der Waals surface area contributed by atoms with Crippen LogP contribution in [0.25, 0.3) is 0 Å². The van der Waals surface area contributed by atoms with Crippen LogP contribution < -0.4 is 0 Å². The van der Waals surface area contributed by atoms with E-state index < -0.39 is 21.0 Å². The number of hydrogen-bond acceptors (Lipinski definition) is 2. The van der Waals surface area contributed by atoms with Crippen molar-refractivity contribution in [2.45, 2.75) is 37.6 Å². The Morgan fingerprint density at radius 3 is 1.69 bits per heavy atom. The Morgan fingerprint density at radius 1 is 1.00 bits per heavy atom. The second-order valence-corrected chi connectivity index (χ2v) is 7.86. The van der Waals surface area contributed by atoms with Gasteiger partial charge in [0.05, 0.1) is 0 Å². The van der Waals surface area contributed by atoms with Gasteiger partial charge in [-0.25, -0.2) is 9.13 Å². The van der Waals surface area contributed by atoms with E-state index in [1.54, 1.807) is 0 Å². The second-order valence-electron chi connectivity index (χ2n) is 4.69. The normalized spacial score (nSPS) is 34.9. The fraction of sp³-hybridized carbons (Fsp3) is 1.00. The molecule has 0 atom stereocenters. The van der Waals surface area contributed by atoms with E-state index in [9.17, 15) is 9.13 Å². The molecule has 2 fully saturated rings. The van der Waals surface area contributed by atoms with Crippen LogP contribution in [0.5, 0.6) is 0 Å². The maximum atomic E-state index is 11.3. The van der Waals surface area contributed by atoms with Crippen LogP contribution in [0, 0.1) is 5.92 Å². The highest BCUT2D eigenvalue weighted by Crippen LogP contribution is 2.68. The van der Waals surface area contributed by atoms with Crippen molar-refractivity contribution in [1.82, 2.24) is 4.44 Å². The van der Waals surface area contributed by atoms with E-state index in [0.717, 1.165) is 12.8 Å². The molecule has 0 aromatic heterocycles. The standard InChI is InChI=1S/C7H15NO6P2/c9-15(10,11)8(16(12,13)14)7-3-1-6(5-7)2-4-7/h6H,1-5H2,(H2,9,10,11)(H2,12,13,14). The van der Waals surface area contributed by atoms with Gasteiger partial charge in [0, 0.05) is 5.54 Å². The largest absolute Gasteiger partial charge is 0.413 e. The molecule has 7 nitrogen and oxygen atoms in total. The first kappa shape index (κ1) is 12.7. The summed E-state index contributed by atoms with van der Waals surface area (Å²) in [6.07, 6.45) is 2.96. The van der Waals surface area contributed by atoms with E-state index in [-0.39, 0.29) is 4.44 Å². The van der Waals surface area contributed by atoms with Crippen LogP contribution in [-0.4, -0.2) is 29.6 Å². The summed E-state index contributed by atoms with van der Waals surface area (Å²) in [6, 6.07) is 0. The van der Waals surface area contributed by atoms with Gasteiger partial charge in [-0.3, -0.25) is 0 Å². The third-order valence-corrected chi connectivity index (χ3v) is 6.86. The molecule has 2 bridgehead atoms. The third kappa shape index (κ3) is 2.02. The van der Waals surface area contributed by atoms with Gasteiger partial charge in [0.2, 0.25) is 0 Å². The first-order valence-electron chi connectivity index (χ1n) is 5.07. The average molecular weight is 271 g/mol. The SMILES string of the molecule is O=P(O)(O)N(C12CCC(CC1)C2)P(=O)(O)O. The Hall–Kier alpha value is 0.260. The van der Waals surface area contributed by atoms with Crippen LogP contribution in [0.2, 0.25) is 0 Å². The molecule has 0 saturated heterocycles. The van der Waals surface area contributed by atoms with E-state index in [4.69, 9.17) is 19.6 Å². The predicted molar refractivity (Wildman–Crippen MR) is 55.2 cm³/mol. The van der Waals surface area contributed by atoms with Crippen molar-refractivity contribution in [1.29, 1.82) is 0 Å². The van der Waals surface area contributed by atoms with Crippen LogP contribution in [0.15, 0.2) is 0 Å². The van der Waals surface area contributed by atoms with E-state index in [2.05, 4.69) is 0 Å². The summed E-state index contributed by atoms with van der Waals surface area (Å²) in [5.74, 6) is 0.348. The maximum absolute atomic E-state index is 11.3. The molecule has 94 valence electrons. The molecular weight excluding hydrogens is 256 g/mol. The Balaban J connectivity index is 2.41. The molecule has 0 radical (unpaired) electrons. The summed E-state index contributed by atoms with van der Waals surface area (Å²) in [4.78, 5) is 36.5. The zero-order chi connectivity index (χ0) is 12.2. The molecule has 0 aromatic carbocycles. The van der Waals surface area contributed by atoms with Crippen molar-refractivity contribution >= 4 is 15.5 Å². The Kier molecular flexibility index (Phi) is 2.88. The van der Waals surface area contributed by atoms with E-state index in [1.807, 2.05) is 0 Å². The topological polar surface area (TPSA) is 118 Å². The molecule has 0 aromatic rings. The van der Waals surface area contributed by atoms with Gasteiger partial charge in [-0.15, -0.1) is 4.44 Å². The number of nitrogens with zero attached hydrogens (tertiary/aromatic N) is 1. The predicted octanol–water partition coefficient (Wildman–Crippen LogP) is 0.806. The lowest BCUT2D eigenvalue weighted by atomic mass is 9.95. The van der Waals surface area contributed by atoms with Crippen molar-refractivity contribution in [3.63, 3.8) is 0 Å². The summed E-state index contributed by atoms with van der Waals surface area (Å²) in [7, 11) is -9.86. The molecule has 0 aliphatic heterocycles. The van der Waals surface area contributed by atoms with Gasteiger partial charge in [-0.1, -0.05) is 0 Å². The van der Waals surface area contributed by atoms with Gasteiger partial charge in [-0.05, 0) is 38.0 Å². The van der Waals surface area contributed by atoms with Gasteiger partial charge in [0.15, 0.2) is 0 Å². The molecule has 2 saturated carbocycles. The van der Waals surface area contributed by atoms with Crippen molar-refractivity contribution < 1.29 is 28.7 Å². The van der Waals surface area contributed by atoms with Crippen LogP contribution >= 0.6 is 15.5 Å². The van der Waals surface area contributed by atoms with Crippen LogP contribution in [0.4, 0.5) is 0 Å². The minimum absolute atomic E-state index is 0.167. The van der Waals surface area contributed by atoms with Crippen LogP contribution in [0.1, 0.15) is 32.1 Å². The van der Waals surface area contributed by atoms with Gasteiger partial charge >= 0.3 is 15.5 Å². The van der Waals surface area contributed by atoms with Gasteiger partial charge < -0.3 is 19.6 Å². The molecule has 2 aliphatic carbocycles. The number of hydrogen-bond donors (Lipinski definition) is 4. The molecule has 2 aliphatic rings. The molecule has 0 unspecified atom stereocenters. The van der Waals surface area contributed by atoms with Crippen molar-refractivity contribution in [3.8, 4) is 0 Å². The van der Waals surface area contributed by atoms with Crippen molar-refractivity contribution in [3.05, 3.63) is 0 Å². The summed E-state index contributed by atoms with van der Waals surface area (Å²) < 4.78 is 22.7. The lowest BCUT2D eigenvalue weighted by molar-refractivity contribution is 0.176. The highest BCUT2D eigenvalue weighted by molar-refractivity contribution is 7.65. The molecule has 4 N–H and O–H groups in total. The first-order valence-corrected chi connectivity index (χ1v) is 8.20.